The number of halogens is 4. The number of Topliss-reactive ketones (excluding diaryl/α,β-unsaturated/α-hetero) is 2. The number of ketones is 2. The Hall–Kier alpha value is -9.22. The van der Waals surface area contributed by atoms with Crippen molar-refractivity contribution in [1.82, 2.24) is 0 Å². The van der Waals surface area contributed by atoms with Gasteiger partial charge in [0.15, 0.2) is 29.0 Å². The summed E-state index contributed by atoms with van der Waals surface area (Å²) in [5.41, 5.74) is -5.41. The van der Waals surface area contributed by atoms with Crippen molar-refractivity contribution in [3.63, 3.8) is 0 Å². The van der Waals surface area contributed by atoms with Crippen molar-refractivity contribution in [2.75, 3.05) is 0 Å². The third-order valence-electron chi connectivity index (χ3n) is 11.9. The van der Waals surface area contributed by atoms with E-state index in [1.165, 1.54) is 6.07 Å². The Labute approximate surface area is 428 Å². The van der Waals surface area contributed by atoms with Crippen LogP contribution >= 0.6 is 45.3 Å². The molecule has 21 heteroatoms. The van der Waals surface area contributed by atoms with Gasteiger partial charge >= 0.3 is 17.5 Å². The van der Waals surface area contributed by atoms with Crippen molar-refractivity contribution in [3.05, 3.63) is 170 Å². The number of aliphatic imine (C=N–C) groups is 2. The molecule has 4 aromatic heterocycles. The second-order valence-corrected chi connectivity index (χ2v) is 20.3. The van der Waals surface area contributed by atoms with E-state index in [0.29, 0.717) is 59.2 Å². The van der Waals surface area contributed by atoms with Crippen molar-refractivity contribution in [1.29, 1.82) is 21.0 Å². The lowest BCUT2D eigenvalue weighted by molar-refractivity contribution is -0.183. The maximum atomic E-state index is 15.2. The fourth-order valence-electron chi connectivity index (χ4n) is 8.62. The number of allylic oxidation sites excluding steroid dienone is 4. The van der Waals surface area contributed by atoms with Crippen LogP contribution in [0.25, 0.3) is 39.7 Å². The first kappa shape index (κ1) is 47.1. The fourth-order valence-corrected chi connectivity index (χ4v) is 13.7. The summed E-state index contributed by atoms with van der Waals surface area (Å²) in [6, 6.07) is 29.8. The monoisotopic (exact) mass is 1060 g/mol. The van der Waals surface area contributed by atoms with E-state index in [0.717, 1.165) is 45.3 Å². The van der Waals surface area contributed by atoms with E-state index in [1.807, 2.05) is 0 Å². The van der Waals surface area contributed by atoms with Crippen LogP contribution in [0.5, 0.6) is 5.75 Å². The number of hydrogen-bond donors (Lipinski definition) is 0. The molecule has 0 N–H and O–H groups in total. The first-order valence-corrected chi connectivity index (χ1v) is 24.6. The average Bonchev–Trinajstić information content (AvgIpc) is 4.27. The Morgan fingerprint density at radius 2 is 0.959 bits per heavy atom. The summed E-state index contributed by atoms with van der Waals surface area (Å²) in [4.78, 5) is 67.9. The van der Waals surface area contributed by atoms with Gasteiger partial charge in [-0.15, -0.1) is 45.3 Å². The van der Waals surface area contributed by atoms with Gasteiger partial charge < -0.3 is 14.2 Å². The number of rotatable bonds is 8. The number of fused-ring (bicyclic) bond motifs is 9. The molecule has 0 atom stereocenters. The molecule has 8 aromatic rings. The summed E-state index contributed by atoms with van der Waals surface area (Å²) >= 11 is 4.09. The number of esters is 2. The number of carbonyl (C=O) groups excluding carboxylic acids is 4. The molecule has 0 radical (unpaired) electrons. The molecule has 0 saturated heterocycles. The van der Waals surface area contributed by atoms with Crippen LogP contribution in [-0.4, -0.2) is 34.9 Å². The van der Waals surface area contributed by atoms with Gasteiger partial charge in [0.05, 0.1) is 29.4 Å². The number of ether oxygens (including phenoxy) is 3. The molecule has 13 nitrogen and oxygen atoms in total. The largest absolute Gasteiger partial charge is 0.457 e. The maximum absolute atomic E-state index is 15.2. The number of hydrogen-bond acceptors (Lipinski definition) is 17. The van der Waals surface area contributed by atoms with Gasteiger partial charge in [0.2, 0.25) is 11.6 Å². The smallest absolute Gasteiger partial charge is 0.367 e. The molecule has 5 heterocycles. The van der Waals surface area contributed by atoms with E-state index in [4.69, 9.17) is 14.2 Å². The van der Waals surface area contributed by atoms with Crippen LogP contribution in [0.3, 0.4) is 0 Å². The van der Waals surface area contributed by atoms with Gasteiger partial charge in [0, 0.05) is 38.1 Å². The van der Waals surface area contributed by atoms with E-state index >= 15 is 9.59 Å². The third kappa shape index (κ3) is 7.41. The van der Waals surface area contributed by atoms with Crippen molar-refractivity contribution in [3.8, 4) is 39.8 Å². The number of nitriles is 4. The van der Waals surface area contributed by atoms with E-state index < -0.39 is 74.9 Å². The molecule has 74 heavy (non-hydrogen) atoms. The lowest BCUT2D eigenvalue weighted by Gasteiger charge is -2.33. The van der Waals surface area contributed by atoms with Crippen molar-refractivity contribution in [2.24, 2.45) is 9.98 Å². The SMILES string of the molecule is N#CC(C#N)=C1/C(=N/c2cc3sc4c(c3s2)OC(C(=O)OCc2ccccc2)(C(=O)OCc2ccccc2)c2c-4sc3cc(/N=C4\C(=O)c5cc(F)c(F)cc5C4=C(C#N)C#N)sc23)C(=O)c2cc(F)c(F)cc21. The van der Waals surface area contributed by atoms with Crippen LogP contribution < -0.4 is 4.74 Å². The molecule has 0 amide bonds. The minimum absolute atomic E-state index is 0.00767. The van der Waals surface area contributed by atoms with E-state index in [9.17, 15) is 48.2 Å². The number of benzene rings is 4. The van der Waals surface area contributed by atoms with E-state index in [1.54, 1.807) is 91.0 Å². The van der Waals surface area contributed by atoms with Crippen molar-refractivity contribution >= 4 is 120 Å². The Morgan fingerprint density at radius 1 is 0.554 bits per heavy atom. The highest BCUT2D eigenvalue weighted by Gasteiger charge is 2.60. The number of nitrogens with zero attached hydrogens (tertiary/aromatic N) is 6. The fraction of sp³-hybridized carbons (Fsp3) is 0.0566. The second kappa shape index (κ2) is 18.1. The zero-order valence-corrected chi connectivity index (χ0v) is 40.1. The minimum Gasteiger partial charge on any atom is -0.457 e. The molecule has 0 saturated carbocycles. The standard InChI is InChI=1S/C53H20F4N6O7S4/c54-31-11-27-29(13-33(31)56)44(64)42(39(27)25(17-58)18-59)62-37-15-35-47(73-37)41-49(71-35)50-46(70-53(41,51(66)68-21-23-7-3-1-4-8-23)52(67)69-22-24-9-5-2-6-10-24)48-36(72-50)16-38(74-48)63-43-40(26(19-60)20-61)28-12-32(55)34(57)14-30(28)45(43)65/h1-16H,21-22H2/b62-42-,63-43-. The maximum Gasteiger partial charge on any atom is 0.367 e. The molecule has 356 valence electrons. The zero-order chi connectivity index (χ0) is 51.7. The summed E-state index contributed by atoms with van der Waals surface area (Å²) in [5.74, 6) is -9.49. The molecule has 2 aliphatic carbocycles. The Bertz CT molecular complexity index is 4110. The summed E-state index contributed by atoms with van der Waals surface area (Å²) in [7, 11) is 0. The van der Waals surface area contributed by atoms with Gasteiger partial charge in [0.1, 0.15) is 70.1 Å². The molecular formula is C53H20F4N6O7S4. The van der Waals surface area contributed by atoms with Gasteiger partial charge in [-0.3, -0.25) is 9.59 Å². The molecule has 3 aliphatic rings. The normalized spacial score (nSPS) is 14.9. The Kier molecular flexibility index (Phi) is 11.5. The van der Waals surface area contributed by atoms with Crippen LogP contribution in [0, 0.1) is 68.6 Å². The number of thiophene rings is 4. The quantitative estimate of drug-likeness (QED) is 0.0603. The molecule has 4 aromatic carbocycles. The van der Waals surface area contributed by atoms with Gasteiger partial charge in [-0.2, -0.15) is 21.0 Å². The highest BCUT2D eigenvalue weighted by atomic mass is 32.1. The van der Waals surface area contributed by atoms with Crippen LogP contribution in [0.2, 0.25) is 0 Å². The Balaban J connectivity index is 1.10. The first-order valence-electron chi connectivity index (χ1n) is 21.4. The van der Waals surface area contributed by atoms with Gasteiger partial charge in [-0.25, -0.2) is 37.1 Å². The highest BCUT2D eigenvalue weighted by molar-refractivity contribution is 7.36. The molecule has 11 rings (SSSR count). The van der Waals surface area contributed by atoms with Gasteiger partial charge in [-0.1, -0.05) is 60.7 Å². The minimum atomic E-state index is -2.75. The molecular weight excluding hydrogens is 1040 g/mol. The van der Waals surface area contributed by atoms with Crippen molar-refractivity contribution < 1.29 is 51.0 Å². The first-order chi connectivity index (χ1) is 35.8. The third-order valence-corrected chi connectivity index (χ3v) is 16.7. The van der Waals surface area contributed by atoms with Gasteiger partial charge in [-0.05, 0) is 47.5 Å². The van der Waals surface area contributed by atoms with Crippen LogP contribution in [0.15, 0.2) is 118 Å². The molecule has 0 bridgehead atoms. The average molecular weight is 1060 g/mol. The predicted molar refractivity (Wildman–Crippen MR) is 265 cm³/mol. The topological polar surface area (TPSA) is 216 Å². The van der Waals surface area contributed by atoms with Crippen molar-refractivity contribution in [2.45, 2.75) is 18.8 Å². The van der Waals surface area contributed by atoms with Crippen LogP contribution in [-0.2, 0) is 37.9 Å². The van der Waals surface area contributed by atoms with E-state index in [2.05, 4.69) is 9.98 Å². The summed E-state index contributed by atoms with van der Waals surface area (Å²) in [6.07, 6.45) is 0. The summed E-state index contributed by atoms with van der Waals surface area (Å²) < 4.78 is 78.3. The molecule has 1 aliphatic heterocycles. The van der Waals surface area contributed by atoms with Crippen LogP contribution in [0.1, 0.15) is 48.5 Å². The predicted octanol–water partition coefficient (Wildman–Crippen LogP) is 12.1. The Morgan fingerprint density at radius 3 is 1.41 bits per heavy atom. The lowest BCUT2D eigenvalue weighted by atomic mass is 9.90. The molecule has 0 fully saturated rings. The highest BCUT2D eigenvalue weighted by Crippen LogP contribution is 2.62. The lowest BCUT2D eigenvalue weighted by Crippen LogP contribution is -2.52. The molecule has 0 unspecified atom stereocenters. The van der Waals surface area contributed by atoms with Crippen LogP contribution in [0.4, 0.5) is 27.6 Å². The van der Waals surface area contributed by atoms with Gasteiger partial charge in [0.25, 0.3) is 0 Å². The summed E-state index contributed by atoms with van der Waals surface area (Å²) in [6.45, 7) is -0.663. The molecule has 0 spiro atoms. The second-order valence-electron chi connectivity index (χ2n) is 16.2. The zero-order valence-electron chi connectivity index (χ0n) is 36.8. The summed E-state index contributed by atoms with van der Waals surface area (Å²) in [5, 5.41) is 39.7. The number of carbonyl (C=O) groups is 4. The van der Waals surface area contributed by atoms with E-state index in [-0.39, 0.29) is 72.6 Å².